The Balaban J connectivity index is 1.99. The van der Waals surface area contributed by atoms with Crippen molar-refractivity contribution in [3.63, 3.8) is 0 Å². The van der Waals surface area contributed by atoms with E-state index in [4.69, 9.17) is 4.74 Å². The molecule has 0 amide bonds. The third-order valence-electron chi connectivity index (χ3n) is 3.60. The lowest BCUT2D eigenvalue weighted by molar-refractivity contribution is -0.745. The summed E-state index contributed by atoms with van der Waals surface area (Å²) in [6.07, 6.45) is 0.469. The molecule has 3 rings (SSSR count). The first kappa shape index (κ1) is 15.7. The van der Waals surface area contributed by atoms with Gasteiger partial charge in [-0.3, -0.25) is 4.98 Å². The van der Waals surface area contributed by atoms with E-state index in [1.54, 1.807) is 22.1 Å². The van der Waals surface area contributed by atoms with Crippen LogP contribution in [0.25, 0.3) is 11.2 Å². The summed E-state index contributed by atoms with van der Waals surface area (Å²) in [5.41, 5.74) is 1.05. The van der Waals surface area contributed by atoms with Crippen LogP contribution in [0.5, 0.6) is 0 Å². The van der Waals surface area contributed by atoms with Crippen LogP contribution in [0.15, 0.2) is 17.6 Å². The first-order chi connectivity index (χ1) is 11.0. The predicted octanol–water partition coefficient (Wildman–Crippen LogP) is -1.92. The molecule has 124 valence electrons. The molecule has 10 nitrogen and oxygen atoms in total. The zero-order chi connectivity index (χ0) is 16.6. The first-order valence-corrected chi connectivity index (χ1v) is 7.09. The standard InChI is InChI=1S/C13H18N6O4/c1-18(2)5-17-11-8-12(15-4-14-11)19(6-16-8)13-10(22)9(21)7(3-20)23-13/h4-7,9-10,13,20-22H,3H2,1-2H3/p+1. The van der Waals surface area contributed by atoms with Crippen molar-refractivity contribution in [1.29, 1.82) is 0 Å². The normalized spacial score (nSPS) is 28.0. The number of aliphatic hydroxyl groups excluding tert-OH is 3. The number of aliphatic imine (C=N–C) groups is 1. The Labute approximate surface area is 131 Å². The molecule has 0 radical (unpaired) electrons. The number of nitrogens with zero attached hydrogens (tertiary/aromatic N) is 5. The molecule has 4 atom stereocenters. The molecule has 1 saturated heterocycles. The molecular formula is C13H19N6O4+. The Morgan fingerprint density at radius 3 is 2.83 bits per heavy atom. The summed E-state index contributed by atoms with van der Waals surface area (Å²) in [4.78, 5) is 17.3. The van der Waals surface area contributed by atoms with Crippen molar-refractivity contribution < 1.29 is 24.6 Å². The highest BCUT2D eigenvalue weighted by Crippen LogP contribution is 2.27. The van der Waals surface area contributed by atoms with E-state index < -0.39 is 24.5 Å². The number of nitrogens with one attached hydrogen (secondary N) is 1. The van der Waals surface area contributed by atoms with Gasteiger partial charge >= 0.3 is 5.65 Å². The summed E-state index contributed by atoms with van der Waals surface area (Å²) in [5.74, 6) is 0.439. The van der Waals surface area contributed by atoms with Gasteiger partial charge in [0.1, 0.15) is 18.3 Å². The van der Waals surface area contributed by atoms with E-state index in [0.717, 1.165) is 0 Å². The second-order valence-electron chi connectivity index (χ2n) is 5.51. The molecule has 0 bridgehead atoms. The van der Waals surface area contributed by atoms with Crippen molar-refractivity contribution in [2.75, 3.05) is 20.7 Å². The number of fused-ring (bicyclic) bond motifs is 1. The number of rotatable bonds is 4. The summed E-state index contributed by atoms with van der Waals surface area (Å²) >= 11 is 0. The van der Waals surface area contributed by atoms with Crippen LogP contribution in [0.3, 0.4) is 0 Å². The molecule has 0 aromatic carbocycles. The van der Waals surface area contributed by atoms with Gasteiger partial charge in [-0.05, 0) is 0 Å². The van der Waals surface area contributed by atoms with Crippen LogP contribution in [-0.2, 0) is 4.74 Å². The zero-order valence-electron chi connectivity index (χ0n) is 12.7. The molecule has 0 spiro atoms. The predicted molar refractivity (Wildman–Crippen MR) is 78.9 cm³/mol. The number of H-pyrrole nitrogens is 1. The van der Waals surface area contributed by atoms with Crippen LogP contribution in [0, 0.1) is 0 Å². The molecule has 23 heavy (non-hydrogen) atoms. The number of imidazole rings is 1. The molecule has 0 saturated carbocycles. The smallest absolute Gasteiger partial charge is 0.309 e. The van der Waals surface area contributed by atoms with E-state index in [0.29, 0.717) is 17.0 Å². The van der Waals surface area contributed by atoms with Gasteiger partial charge in [0.05, 0.1) is 12.9 Å². The van der Waals surface area contributed by atoms with Crippen molar-refractivity contribution >= 4 is 23.3 Å². The minimum absolute atomic E-state index is 0.384. The topological polar surface area (TPSA) is 131 Å². The Kier molecular flexibility index (Phi) is 4.22. The maximum atomic E-state index is 10.1. The molecule has 10 heteroatoms. The van der Waals surface area contributed by atoms with Crippen LogP contribution in [0.1, 0.15) is 6.23 Å². The monoisotopic (exact) mass is 323 g/mol. The molecule has 0 aliphatic carbocycles. The van der Waals surface area contributed by atoms with E-state index in [1.165, 1.54) is 6.33 Å². The van der Waals surface area contributed by atoms with Crippen molar-refractivity contribution in [2.45, 2.75) is 24.5 Å². The molecule has 4 unspecified atom stereocenters. The highest BCUT2D eigenvalue weighted by Gasteiger charge is 2.46. The second-order valence-corrected chi connectivity index (χ2v) is 5.51. The first-order valence-electron chi connectivity index (χ1n) is 7.09. The van der Waals surface area contributed by atoms with E-state index in [9.17, 15) is 15.3 Å². The fraction of sp³-hybridized carbons (Fsp3) is 0.538. The van der Waals surface area contributed by atoms with Gasteiger partial charge in [-0.2, -0.15) is 4.98 Å². The average Bonchev–Trinajstić information content (AvgIpc) is 3.08. The van der Waals surface area contributed by atoms with Gasteiger partial charge in [0.15, 0.2) is 12.7 Å². The second kappa shape index (κ2) is 6.16. The minimum Gasteiger partial charge on any atom is -0.394 e. The van der Waals surface area contributed by atoms with Crippen molar-refractivity contribution in [3.05, 3.63) is 12.7 Å². The lowest BCUT2D eigenvalue weighted by Gasteiger charge is -2.11. The van der Waals surface area contributed by atoms with Crippen molar-refractivity contribution in [2.24, 2.45) is 4.99 Å². The maximum absolute atomic E-state index is 10.1. The lowest BCUT2D eigenvalue weighted by Crippen LogP contribution is -2.45. The fourth-order valence-corrected chi connectivity index (χ4v) is 2.46. The average molecular weight is 323 g/mol. The quantitative estimate of drug-likeness (QED) is 0.293. The zero-order valence-corrected chi connectivity index (χ0v) is 12.7. The summed E-state index contributed by atoms with van der Waals surface area (Å²) < 4.78 is 7.06. The number of hydrogen-bond donors (Lipinski definition) is 4. The van der Waals surface area contributed by atoms with E-state index >= 15 is 0 Å². The van der Waals surface area contributed by atoms with Crippen LogP contribution < -0.4 is 4.57 Å². The molecule has 1 aliphatic rings. The Hall–Kier alpha value is -2.14. The summed E-state index contributed by atoms with van der Waals surface area (Å²) in [6, 6.07) is 0. The van der Waals surface area contributed by atoms with Crippen molar-refractivity contribution in [1.82, 2.24) is 19.9 Å². The summed E-state index contributed by atoms with van der Waals surface area (Å²) in [6.45, 7) is -0.384. The lowest BCUT2D eigenvalue weighted by atomic mass is 10.1. The number of hydrogen-bond acceptors (Lipinski definition) is 7. The Morgan fingerprint density at radius 1 is 1.39 bits per heavy atom. The summed E-state index contributed by atoms with van der Waals surface area (Å²) in [7, 11) is 3.69. The van der Waals surface area contributed by atoms with Crippen LogP contribution in [-0.4, -0.2) is 80.5 Å². The number of aromatic nitrogens is 4. The number of aliphatic hydroxyl groups is 3. The van der Waals surface area contributed by atoms with E-state index in [-0.39, 0.29) is 6.61 Å². The third-order valence-corrected chi connectivity index (χ3v) is 3.60. The van der Waals surface area contributed by atoms with Gasteiger partial charge < -0.3 is 25.0 Å². The van der Waals surface area contributed by atoms with Crippen LogP contribution >= 0.6 is 0 Å². The van der Waals surface area contributed by atoms with Crippen molar-refractivity contribution in [3.8, 4) is 0 Å². The minimum atomic E-state index is -1.18. The fourth-order valence-electron chi connectivity index (χ4n) is 2.46. The Bertz CT molecular complexity index is 718. The third kappa shape index (κ3) is 2.77. The van der Waals surface area contributed by atoms with E-state index in [1.807, 2.05) is 14.1 Å². The SMILES string of the molecule is CN(C)C=Nc1ncnc2c1[nH]c[n+]2C1OC(CO)C(O)C1O. The van der Waals surface area contributed by atoms with Gasteiger partial charge in [0.2, 0.25) is 17.6 Å². The molecule has 4 N–H and O–H groups in total. The molecule has 2 aromatic rings. The number of ether oxygens (including phenoxy) is 1. The molecule has 2 aromatic heterocycles. The maximum Gasteiger partial charge on any atom is 0.309 e. The molecular weight excluding hydrogens is 304 g/mol. The molecule has 1 fully saturated rings. The van der Waals surface area contributed by atoms with Gasteiger partial charge in [-0.25, -0.2) is 9.56 Å². The molecule has 3 heterocycles. The van der Waals surface area contributed by atoms with Gasteiger partial charge in [0, 0.05) is 14.1 Å². The van der Waals surface area contributed by atoms with Gasteiger partial charge in [0.25, 0.3) is 0 Å². The largest absolute Gasteiger partial charge is 0.394 e. The number of aromatic amines is 1. The van der Waals surface area contributed by atoms with Crippen LogP contribution in [0.4, 0.5) is 5.82 Å². The highest BCUT2D eigenvalue weighted by molar-refractivity contribution is 5.80. The van der Waals surface area contributed by atoms with E-state index in [2.05, 4.69) is 19.9 Å². The molecule has 1 aliphatic heterocycles. The van der Waals surface area contributed by atoms with Gasteiger partial charge in [-0.1, -0.05) is 4.98 Å². The Morgan fingerprint density at radius 2 is 2.17 bits per heavy atom. The van der Waals surface area contributed by atoms with Crippen LogP contribution in [0.2, 0.25) is 0 Å². The summed E-state index contributed by atoms with van der Waals surface area (Å²) in [5, 5.41) is 29.2. The highest BCUT2D eigenvalue weighted by atomic mass is 16.6. The van der Waals surface area contributed by atoms with Gasteiger partial charge in [-0.15, -0.1) is 0 Å².